The van der Waals surface area contributed by atoms with Gasteiger partial charge in [-0.2, -0.15) is 0 Å². The molecule has 0 radical (unpaired) electrons. The molecule has 1 atom stereocenters. The Morgan fingerprint density at radius 2 is 2.15 bits per heavy atom. The molecule has 27 heavy (non-hydrogen) atoms. The molecule has 0 aliphatic carbocycles. The van der Waals surface area contributed by atoms with Crippen molar-refractivity contribution in [2.24, 2.45) is 0 Å². The number of benzene rings is 1. The van der Waals surface area contributed by atoms with Crippen molar-refractivity contribution >= 4 is 17.6 Å². The highest BCUT2D eigenvalue weighted by Crippen LogP contribution is 2.28. The van der Waals surface area contributed by atoms with Gasteiger partial charge in [0.1, 0.15) is 24.5 Å². The van der Waals surface area contributed by atoms with Gasteiger partial charge in [-0.25, -0.2) is 0 Å². The molecule has 144 valence electrons. The van der Waals surface area contributed by atoms with Crippen molar-refractivity contribution in [2.75, 3.05) is 18.5 Å². The van der Waals surface area contributed by atoms with Crippen LogP contribution in [0.2, 0.25) is 0 Å². The van der Waals surface area contributed by atoms with Gasteiger partial charge in [-0.1, -0.05) is 6.07 Å². The molecule has 0 saturated carbocycles. The highest BCUT2D eigenvalue weighted by atomic mass is 16.5. The van der Waals surface area contributed by atoms with E-state index in [9.17, 15) is 9.59 Å². The number of furan rings is 1. The van der Waals surface area contributed by atoms with Gasteiger partial charge in [0.25, 0.3) is 5.91 Å². The number of carbonyl (C=O) groups excluding carboxylic acids is 1. The summed E-state index contributed by atoms with van der Waals surface area (Å²) in [5, 5.41) is 11.8. The van der Waals surface area contributed by atoms with Crippen molar-refractivity contribution in [2.45, 2.75) is 39.2 Å². The lowest BCUT2D eigenvalue weighted by Gasteiger charge is -2.16. The van der Waals surface area contributed by atoms with Crippen molar-refractivity contribution in [3.63, 3.8) is 0 Å². The molecular weight excluding hydrogens is 350 g/mol. The van der Waals surface area contributed by atoms with Crippen LogP contribution in [0.5, 0.6) is 5.75 Å². The zero-order valence-corrected chi connectivity index (χ0v) is 15.4. The number of carboxylic acids is 1. The zero-order valence-electron chi connectivity index (χ0n) is 15.4. The minimum Gasteiger partial charge on any atom is -0.489 e. The summed E-state index contributed by atoms with van der Waals surface area (Å²) in [6, 6.07) is 5.49. The van der Waals surface area contributed by atoms with Gasteiger partial charge >= 0.3 is 5.97 Å². The van der Waals surface area contributed by atoms with Gasteiger partial charge < -0.3 is 24.3 Å². The molecule has 1 unspecified atom stereocenters. The SMILES string of the molecule is Cc1ccc(NC(=O)c2c(C)coc2CC(=O)O)c(OCC2CCCO2)c1. The fourth-order valence-electron chi connectivity index (χ4n) is 3.07. The van der Waals surface area contributed by atoms with E-state index in [4.69, 9.17) is 19.0 Å². The first-order valence-electron chi connectivity index (χ1n) is 8.89. The van der Waals surface area contributed by atoms with Crippen LogP contribution < -0.4 is 10.1 Å². The molecule has 0 bridgehead atoms. The molecule has 1 amide bonds. The molecule has 7 heteroatoms. The van der Waals surface area contributed by atoms with E-state index in [0.717, 1.165) is 25.0 Å². The summed E-state index contributed by atoms with van der Waals surface area (Å²) in [5.74, 6) is -0.802. The third-order valence-electron chi connectivity index (χ3n) is 4.42. The second-order valence-corrected chi connectivity index (χ2v) is 6.69. The maximum Gasteiger partial charge on any atom is 0.311 e. The van der Waals surface area contributed by atoms with Gasteiger partial charge in [0.15, 0.2) is 0 Å². The number of hydrogen-bond acceptors (Lipinski definition) is 5. The second kappa shape index (κ2) is 8.26. The van der Waals surface area contributed by atoms with E-state index in [-0.39, 0.29) is 23.8 Å². The molecule has 2 N–H and O–H groups in total. The van der Waals surface area contributed by atoms with Gasteiger partial charge in [-0.15, -0.1) is 0 Å². The molecule has 1 aliphatic rings. The van der Waals surface area contributed by atoms with Crippen LogP contribution in [-0.2, 0) is 16.0 Å². The van der Waals surface area contributed by atoms with Gasteiger partial charge in [-0.3, -0.25) is 9.59 Å². The summed E-state index contributed by atoms with van der Waals surface area (Å²) in [6.45, 7) is 4.81. The van der Waals surface area contributed by atoms with Crippen molar-refractivity contribution in [3.05, 3.63) is 46.9 Å². The molecule has 1 aromatic carbocycles. The molecular formula is C20H23NO6. The van der Waals surface area contributed by atoms with Crippen LogP contribution in [0.3, 0.4) is 0 Å². The average molecular weight is 373 g/mol. The lowest BCUT2D eigenvalue weighted by atomic mass is 10.1. The van der Waals surface area contributed by atoms with E-state index >= 15 is 0 Å². The zero-order chi connectivity index (χ0) is 19.4. The van der Waals surface area contributed by atoms with Crippen LogP contribution in [0.25, 0.3) is 0 Å². The molecule has 7 nitrogen and oxygen atoms in total. The Bertz CT molecular complexity index is 835. The number of nitrogens with one attached hydrogen (secondary N) is 1. The Balaban J connectivity index is 1.77. The van der Waals surface area contributed by atoms with E-state index < -0.39 is 11.9 Å². The maximum atomic E-state index is 12.8. The molecule has 0 spiro atoms. The number of aryl methyl sites for hydroxylation is 2. The summed E-state index contributed by atoms with van der Waals surface area (Å²) in [5.41, 5.74) is 2.34. The maximum absolute atomic E-state index is 12.8. The van der Waals surface area contributed by atoms with Gasteiger partial charge in [-0.05, 0) is 44.4 Å². The largest absolute Gasteiger partial charge is 0.489 e. The molecule has 2 heterocycles. The molecule has 1 saturated heterocycles. The third kappa shape index (κ3) is 4.68. The molecule has 3 rings (SSSR count). The predicted molar refractivity (Wildman–Crippen MR) is 98.4 cm³/mol. The van der Waals surface area contributed by atoms with Gasteiger partial charge in [0, 0.05) is 12.2 Å². The third-order valence-corrected chi connectivity index (χ3v) is 4.42. The first-order valence-corrected chi connectivity index (χ1v) is 8.89. The molecule has 1 aliphatic heterocycles. The number of ether oxygens (including phenoxy) is 2. The summed E-state index contributed by atoms with van der Waals surface area (Å²) < 4.78 is 16.7. The summed E-state index contributed by atoms with van der Waals surface area (Å²) in [4.78, 5) is 23.7. The van der Waals surface area contributed by atoms with Crippen molar-refractivity contribution in [3.8, 4) is 5.75 Å². The van der Waals surface area contributed by atoms with Crippen molar-refractivity contribution in [1.29, 1.82) is 0 Å². The fourth-order valence-corrected chi connectivity index (χ4v) is 3.07. The molecule has 1 aromatic heterocycles. The van der Waals surface area contributed by atoms with Crippen LogP contribution in [0.1, 0.15) is 40.1 Å². The van der Waals surface area contributed by atoms with Crippen molar-refractivity contribution in [1.82, 2.24) is 0 Å². The van der Waals surface area contributed by atoms with E-state index in [1.54, 1.807) is 13.0 Å². The normalized spacial score (nSPS) is 16.3. The van der Waals surface area contributed by atoms with E-state index in [1.165, 1.54) is 6.26 Å². The smallest absolute Gasteiger partial charge is 0.311 e. The Kier molecular flexibility index (Phi) is 5.81. The Morgan fingerprint density at radius 3 is 2.85 bits per heavy atom. The van der Waals surface area contributed by atoms with Crippen LogP contribution in [0.15, 0.2) is 28.9 Å². The minimum absolute atomic E-state index is 0.0624. The fraction of sp³-hybridized carbons (Fsp3) is 0.400. The predicted octanol–water partition coefficient (Wildman–Crippen LogP) is 3.33. The molecule has 2 aromatic rings. The Morgan fingerprint density at radius 1 is 1.33 bits per heavy atom. The Labute approximate surface area is 157 Å². The topological polar surface area (TPSA) is 98.0 Å². The summed E-state index contributed by atoms with van der Waals surface area (Å²) >= 11 is 0. The quantitative estimate of drug-likeness (QED) is 0.772. The summed E-state index contributed by atoms with van der Waals surface area (Å²) in [7, 11) is 0. The number of aliphatic carboxylic acids is 1. The van der Waals surface area contributed by atoms with Crippen molar-refractivity contribution < 1.29 is 28.6 Å². The standard InChI is InChI=1S/C20H23NO6/c1-12-5-6-15(16(8-12)27-11-14-4-3-7-25-14)21-20(24)19-13(2)10-26-17(19)9-18(22)23/h5-6,8,10,14H,3-4,7,9,11H2,1-2H3,(H,21,24)(H,22,23). The van der Waals surface area contributed by atoms with Crippen LogP contribution in [0, 0.1) is 13.8 Å². The number of carbonyl (C=O) groups is 2. The monoisotopic (exact) mass is 373 g/mol. The van der Waals surface area contributed by atoms with Crippen LogP contribution >= 0.6 is 0 Å². The first-order chi connectivity index (χ1) is 12.9. The summed E-state index contributed by atoms with van der Waals surface area (Å²) in [6.07, 6.45) is 3.08. The highest BCUT2D eigenvalue weighted by molar-refractivity contribution is 6.07. The lowest BCUT2D eigenvalue weighted by molar-refractivity contribution is -0.136. The second-order valence-electron chi connectivity index (χ2n) is 6.69. The highest BCUT2D eigenvalue weighted by Gasteiger charge is 2.22. The van der Waals surface area contributed by atoms with E-state index in [1.807, 2.05) is 19.1 Å². The van der Waals surface area contributed by atoms with Gasteiger partial charge in [0.2, 0.25) is 0 Å². The lowest BCUT2D eigenvalue weighted by Crippen LogP contribution is -2.19. The number of hydrogen-bond donors (Lipinski definition) is 2. The first kappa shape index (κ1) is 19.0. The average Bonchev–Trinajstić information content (AvgIpc) is 3.24. The van der Waals surface area contributed by atoms with E-state index in [0.29, 0.717) is 23.6 Å². The van der Waals surface area contributed by atoms with Crippen LogP contribution in [0.4, 0.5) is 5.69 Å². The van der Waals surface area contributed by atoms with Gasteiger partial charge in [0.05, 0.1) is 23.6 Å². The minimum atomic E-state index is -1.06. The van der Waals surface area contributed by atoms with Crippen LogP contribution in [-0.4, -0.2) is 36.3 Å². The van der Waals surface area contributed by atoms with E-state index in [2.05, 4.69) is 5.32 Å². The number of anilines is 1. The number of carboxylic acid groups (broad SMARTS) is 1. The Hall–Kier alpha value is -2.80. The molecule has 1 fully saturated rings. The number of rotatable bonds is 7. The number of amides is 1.